The van der Waals surface area contributed by atoms with Crippen LogP contribution in [-0.4, -0.2) is 20.1 Å². The molecule has 0 aliphatic rings. The number of hydrogen-bond donors (Lipinski definition) is 1. The summed E-state index contributed by atoms with van der Waals surface area (Å²) < 4.78 is 0. The largest absolute Gasteiger partial charge is 0.375 e. The van der Waals surface area contributed by atoms with Crippen molar-refractivity contribution in [3.63, 3.8) is 0 Å². The molecule has 1 rings (SSSR count). The highest BCUT2D eigenvalue weighted by molar-refractivity contribution is 5.46. The average molecular weight is 248 g/mol. The van der Waals surface area contributed by atoms with Crippen molar-refractivity contribution in [3.05, 3.63) is 29.8 Å². The van der Waals surface area contributed by atoms with Gasteiger partial charge in [-0.2, -0.15) is 0 Å². The minimum absolute atomic E-state index is 0.807. The highest BCUT2D eigenvalue weighted by Crippen LogP contribution is 2.17. The van der Waals surface area contributed by atoms with Crippen molar-refractivity contribution in [1.82, 2.24) is 0 Å². The standard InChI is InChI=1S/C16H28N2/c1-4-15(11-12-17)6-5-13-18(3)16-9-7-14(2)8-10-16/h7-10,15H,4-6,11-13,17H2,1-3H3. The maximum Gasteiger partial charge on any atom is 0.0363 e. The van der Waals surface area contributed by atoms with Gasteiger partial charge in [0.25, 0.3) is 0 Å². The molecule has 2 heteroatoms. The maximum absolute atomic E-state index is 5.63. The SMILES string of the molecule is CCC(CCN)CCCN(C)c1ccc(C)cc1. The van der Waals surface area contributed by atoms with Gasteiger partial charge in [-0.05, 0) is 50.8 Å². The summed E-state index contributed by atoms with van der Waals surface area (Å²) in [6.45, 7) is 6.35. The molecule has 0 radical (unpaired) electrons. The third kappa shape index (κ3) is 5.09. The number of aryl methyl sites for hydroxylation is 1. The van der Waals surface area contributed by atoms with Crippen molar-refractivity contribution in [1.29, 1.82) is 0 Å². The van der Waals surface area contributed by atoms with Gasteiger partial charge < -0.3 is 10.6 Å². The molecule has 18 heavy (non-hydrogen) atoms. The molecule has 1 aromatic rings. The molecule has 2 nitrogen and oxygen atoms in total. The summed E-state index contributed by atoms with van der Waals surface area (Å²) in [5.74, 6) is 0.807. The molecule has 0 saturated heterocycles. The van der Waals surface area contributed by atoms with E-state index in [-0.39, 0.29) is 0 Å². The second kappa shape index (κ2) is 8.15. The molecule has 1 unspecified atom stereocenters. The first-order valence-corrected chi connectivity index (χ1v) is 7.15. The van der Waals surface area contributed by atoms with E-state index in [0.717, 1.165) is 19.0 Å². The van der Waals surface area contributed by atoms with Crippen LogP contribution in [-0.2, 0) is 0 Å². The van der Waals surface area contributed by atoms with Gasteiger partial charge in [-0.3, -0.25) is 0 Å². The third-order valence-electron chi connectivity index (χ3n) is 3.73. The number of nitrogens with two attached hydrogens (primary N) is 1. The molecule has 0 aliphatic carbocycles. The van der Waals surface area contributed by atoms with E-state index in [2.05, 4.69) is 50.1 Å². The van der Waals surface area contributed by atoms with Gasteiger partial charge in [-0.25, -0.2) is 0 Å². The van der Waals surface area contributed by atoms with Gasteiger partial charge in [0.2, 0.25) is 0 Å². The number of benzene rings is 1. The van der Waals surface area contributed by atoms with Crippen LogP contribution in [0.5, 0.6) is 0 Å². The molecule has 0 fully saturated rings. The first-order chi connectivity index (χ1) is 8.67. The summed E-state index contributed by atoms with van der Waals surface area (Å²) in [5, 5.41) is 0. The summed E-state index contributed by atoms with van der Waals surface area (Å²) in [6.07, 6.45) is 4.98. The van der Waals surface area contributed by atoms with Gasteiger partial charge in [0.1, 0.15) is 0 Å². The Labute approximate surface area is 112 Å². The zero-order valence-electron chi connectivity index (χ0n) is 12.2. The Morgan fingerprint density at radius 3 is 2.39 bits per heavy atom. The molecule has 0 bridgehead atoms. The van der Waals surface area contributed by atoms with Gasteiger partial charge in [-0.15, -0.1) is 0 Å². The Hall–Kier alpha value is -1.02. The van der Waals surface area contributed by atoms with E-state index in [4.69, 9.17) is 5.73 Å². The number of anilines is 1. The lowest BCUT2D eigenvalue weighted by molar-refractivity contribution is 0.431. The predicted octanol–water partition coefficient (Wildman–Crippen LogP) is 3.59. The fourth-order valence-corrected chi connectivity index (χ4v) is 2.33. The predicted molar refractivity (Wildman–Crippen MR) is 81.1 cm³/mol. The van der Waals surface area contributed by atoms with Crippen molar-refractivity contribution in [2.75, 3.05) is 25.0 Å². The van der Waals surface area contributed by atoms with E-state index < -0.39 is 0 Å². The molecule has 0 aromatic heterocycles. The van der Waals surface area contributed by atoms with Crippen LogP contribution in [0.2, 0.25) is 0 Å². The lowest BCUT2D eigenvalue weighted by atomic mass is 9.96. The van der Waals surface area contributed by atoms with Crippen molar-refractivity contribution >= 4 is 5.69 Å². The Morgan fingerprint density at radius 2 is 1.83 bits per heavy atom. The van der Waals surface area contributed by atoms with Crippen LogP contribution in [0.1, 0.15) is 38.2 Å². The lowest BCUT2D eigenvalue weighted by Gasteiger charge is -2.21. The fraction of sp³-hybridized carbons (Fsp3) is 0.625. The van der Waals surface area contributed by atoms with E-state index in [1.165, 1.54) is 36.9 Å². The summed E-state index contributed by atoms with van der Waals surface area (Å²) in [4.78, 5) is 2.34. The monoisotopic (exact) mass is 248 g/mol. The van der Waals surface area contributed by atoms with Gasteiger partial charge in [-0.1, -0.05) is 31.0 Å². The topological polar surface area (TPSA) is 29.3 Å². The van der Waals surface area contributed by atoms with Crippen LogP contribution in [0, 0.1) is 12.8 Å². The number of hydrogen-bond acceptors (Lipinski definition) is 2. The molecular weight excluding hydrogens is 220 g/mol. The first kappa shape index (κ1) is 15.0. The van der Waals surface area contributed by atoms with Crippen LogP contribution in [0.3, 0.4) is 0 Å². The van der Waals surface area contributed by atoms with Gasteiger partial charge in [0, 0.05) is 19.3 Å². The smallest absolute Gasteiger partial charge is 0.0363 e. The number of rotatable bonds is 8. The van der Waals surface area contributed by atoms with E-state index in [0.29, 0.717) is 0 Å². The van der Waals surface area contributed by atoms with E-state index in [9.17, 15) is 0 Å². The van der Waals surface area contributed by atoms with Crippen molar-refractivity contribution in [3.8, 4) is 0 Å². The highest BCUT2D eigenvalue weighted by atomic mass is 15.1. The highest BCUT2D eigenvalue weighted by Gasteiger charge is 2.06. The van der Waals surface area contributed by atoms with Gasteiger partial charge in [0.15, 0.2) is 0 Å². The lowest BCUT2D eigenvalue weighted by Crippen LogP contribution is -2.19. The summed E-state index contributed by atoms with van der Waals surface area (Å²) in [6, 6.07) is 8.75. The molecule has 0 saturated carbocycles. The Morgan fingerprint density at radius 1 is 1.17 bits per heavy atom. The van der Waals surface area contributed by atoms with Crippen molar-refractivity contribution in [2.24, 2.45) is 11.7 Å². The molecule has 2 N–H and O–H groups in total. The van der Waals surface area contributed by atoms with Crippen LogP contribution in [0.4, 0.5) is 5.69 Å². The molecule has 1 atom stereocenters. The van der Waals surface area contributed by atoms with E-state index in [1.54, 1.807) is 0 Å². The Kier molecular flexibility index (Phi) is 6.81. The quantitative estimate of drug-likeness (QED) is 0.762. The second-order valence-electron chi connectivity index (χ2n) is 5.25. The zero-order valence-corrected chi connectivity index (χ0v) is 12.2. The zero-order chi connectivity index (χ0) is 13.4. The van der Waals surface area contributed by atoms with Crippen molar-refractivity contribution < 1.29 is 0 Å². The van der Waals surface area contributed by atoms with Crippen LogP contribution in [0.15, 0.2) is 24.3 Å². The Bertz CT molecular complexity index is 318. The molecule has 102 valence electrons. The van der Waals surface area contributed by atoms with E-state index in [1.807, 2.05) is 0 Å². The molecule has 0 amide bonds. The average Bonchev–Trinajstić information content (AvgIpc) is 2.38. The minimum Gasteiger partial charge on any atom is -0.375 e. The second-order valence-corrected chi connectivity index (χ2v) is 5.25. The van der Waals surface area contributed by atoms with Crippen molar-refractivity contribution in [2.45, 2.75) is 39.5 Å². The summed E-state index contributed by atoms with van der Waals surface area (Å²) in [7, 11) is 2.18. The minimum atomic E-state index is 0.807. The number of nitrogens with zero attached hydrogens (tertiary/aromatic N) is 1. The maximum atomic E-state index is 5.63. The molecule has 0 aliphatic heterocycles. The van der Waals surface area contributed by atoms with Crippen LogP contribution < -0.4 is 10.6 Å². The molecule has 0 heterocycles. The van der Waals surface area contributed by atoms with Gasteiger partial charge in [0.05, 0.1) is 0 Å². The molecule has 0 spiro atoms. The normalized spacial score (nSPS) is 12.4. The molecule has 1 aromatic carbocycles. The fourth-order valence-electron chi connectivity index (χ4n) is 2.33. The van der Waals surface area contributed by atoms with Crippen LogP contribution in [0.25, 0.3) is 0 Å². The van der Waals surface area contributed by atoms with Crippen LogP contribution >= 0.6 is 0 Å². The van der Waals surface area contributed by atoms with E-state index >= 15 is 0 Å². The first-order valence-electron chi connectivity index (χ1n) is 7.15. The third-order valence-corrected chi connectivity index (χ3v) is 3.73. The Balaban J connectivity index is 2.32. The summed E-state index contributed by atoms with van der Waals surface area (Å²) in [5.41, 5.74) is 8.26. The van der Waals surface area contributed by atoms with Gasteiger partial charge >= 0.3 is 0 Å². The summed E-state index contributed by atoms with van der Waals surface area (Å²) >= 11 is 0. The molecular formula is C16H28N2.